The van der Waals surface area contributed by atoms with Crippen LogP contribution in [0.15, 0.2) is 73.2 Å². The number of nitrogens with zero attached hydrogens (tertiary/aromatic N) is 7. The molecular formula is C21H16N8O. The quantitative estimate of drug-likeness (QED) is 0.564. The minimum atomic E-state index is -0.431. The third-order valence-electron chi connectivity index (χ3n) is 5.06. The Morgan fingerprint density at radius 1 is 1.13 bits per heavy atom. The summed E-state index contributed by atoms with van der Waals surface area (Å²) >= 11 is 0. The first-order valence-electron chi connectivity index (χ1n) is 9.15. The van der Waals surface area contributed by atoms with Crippen molar-refractivity contribution in [2.24, 2.45) is 12.8 Å². The molecule has 0 saturated carbocycles. The molecule has 0 saturated heterocycles. The molecule has 3 aromatic heterocycles. The zero-order valence-electron chi connectivity index (χ0n) is 16.0. The number of hydrogen-bond donors (Lipinski definition) is 1. The molecule has 4 heterocycles. The van der Waals surface area contributed by atoms with Crippen LogP contribution in [0.1, 0.15) is 17.0 Å². The number of rotatable bonds is 3. The first-order chi connectivity index (χ1) is 14.7. The fraction of sp³-hybridized carbons (Fsp3) is 0.0952. The molecule has 1 aromatic carbocycles. The highest BCUT2D eigenvalue weighted by atomic mass is 16.5. The number of hydrogen-bond acceptors (Lipinski definition) is 7. The smallest absolute Gasteiger partial charge is 0.224 e. The first-order valence-corrected chi connectivity index (χ1v) is 9.15. The summed E-state index contributed by atoms with van der Waals surface area (Å²) in [5, 5.41) is 14.5. The molecule has 9 heteroatoms. The van der Waals surface area contributed by atoms with Crippen LogP contribution < -0.4 is 10.5 Å². The number of imidazole rings is 1. The summed E-state index contributed by atoms with van der Waals surface area (Å²) in [7, 11) is 1.77. The van der Waals surface area contributed by atoms with Crippen molar-refractivity contribution in [2.45, 2.75) is 5.92 Å². The average Bonchev–Trinajstić information content (AvgIpc) is 3.42. The van der Waals surface area contributed by atoms with Gasteiger partial charge in [-0.25, -0.2) is 19.6 Å². The van der Waals surface area contributed by atoms with E-state index in [-0.39, 0.29) is 5.88 Å². The van der Waals surface area contributed by atoms with E-state index in [9.17, 15) is 5.26 Å². The van der Waals surface area contributed by atoms with Crippen molar-refractivity contribution in [2.75, 3.05) is 0 Å². The lowest BCUT2D eigenvalue weighted by Gasteiger charge is -2.25. The van der Waals surface area contributed by atoms with Gasteiger partial charge in [-0.3, -0.25) is 0 Å². The van der Waals surface area contributed by atoms with Gasteiger partial charge in [0, 0.05) is 43.1 Å². The molecule has 1 unspecified atom stereocenters. The lowest BCUT2D eigenvalue weighted by atomic mass is 9.83. The number of aryl methyl sites for hydroxylation is 1. The highest BCUT2D eigenvalue weighted by Gasteiger charge is 2.36. The Bertz CT molecular complexity index is 1280. The number of aromatic nitrogens is 6. The second-order valence-electron chi connectivity index (χ2n) is 6.80. The molecule has 5 rings (SSSR count). The van der Waals surface area contributed by atoms with E-state index in [1.807, 2.05) is 35.0 Å². The molecule has 146 valence electrons. The van der Waals surface area contributed by atoms with Gasteiger partial charge in [-0.1, -0.05) is 12.1 Å². The Labute approximate surface area is 171 Å². The third kappa shape index (κ3) is 2.70. The lowest BCUT2D eigenvalue weighted by molar-refractivity contribution is 0.358. The number of nitrogens with two attached hydrogens (primary N) is 1. The lowest BCUT2D eigenvalue weighted by Crippen LogP contribution is -2.21. The normalized spacial score (nSPS) is 15.4. The Kier molecular flexibility index (Phi) is 4.03. The summed E-state index contributed by atoms with van der Waals surface area (Å²) in [6.45, 7) is 0. The minimum Gasteiger partial charge on any atom is -0.422 e. The first kappa shape index (κ1) is 17.6. The van der Waals surface area contributed by atoms with Gasteiger partial charge in [0.2, 0.25) is 11.8 Å². The summed E-state index contributed by atoms with van der Waals surface area (Å²) in [5.41, 5.74) is 10.4. The summed E-state index contributed by atoms with van der Waals surface area (Å²) in [6, 6.07) is 10.1. The van der Waals surface area contributed by atoms with E-state index >= 15 is 0 Å². The van der Waals surface area contributed by atoms with Crippen molar-refractivity contribution in [3.05, 3.63) is 84.3 Å². The predicted octanol–water partition coefficient (Wildman–Crippen LogP) is 2.28. The number of benzene rings is 1. The zero-order valence-corrected chi connectivity index (χ0v) is 16.0. The van der Waals surface area contributed by atoms with Crippen LogP contribution in [0.25, 0.3) is 16.9 Å². The molecule has 1 atom stereocenters. The maximum atomic E-state index is 9.86. The molecule has 9 nitrogen and oxygen atoms in total. The minimum absolute atomic E-state index is 0.0764. The van der Waals surface area contributed by atoms with Crippen LogP contribution in [0, 0.1) is 11.3 Å². The Morgan fingerprint density at radius 2 is 1.90 bits per heavy atom. The summed E-state index contributed by atoms with van der Waals surface area (Å²) in [5.74, 6) is 0.140. The van der Waals surface area contributed by atoms with Crippen molar-refractivity contribution in [3.63, 3.8) is 0 Å². The van der Waals surface area contributed by atoms with Gasteiger partial charge in [0.1, 0.15) is 23.7 Å². The molecule has 2 N–H and O–H groups in total. The van der Waals surface area contributed by atoms with Crippen LogP contribution >= 0.6 is 0 Å². The largest absolute Gasteiger partial charge is 0.422 e. The Morgan fingerprint density at radius 3 is 2.57 bits per heavy atom. The Hall–Kier alpha value is -4.45. The van der Waals surface area contributed by atoms with Gasteiger partial charge in [0.05, 0.1) is 17.8 Å². The average molecular weight is 396 g/mol. The summed E-state index contributed by atoms with van der Waals surface area (Å²) < 4.78 is 9.31. The van der Waals surface area contributed by atoms with E-state index in [0.717, 1.165) is 22.4 Å². The third-order valence-corrected chi connectivity index (χ3v) is 5.06. The van der Waals surface area contributed by atoms with Crippen LogP contribution in [0.5, 0.6) is 5.88 Å². The molecule has 0 fully saturated rings. The molecule has 1 aliphatic heterocycles. The van der Waals surface area contributed by atoms with E-state index in [2.05, 4.69) is 26.1 Å². The van der Waals surface area contributed by atoms with Gasteiger partial charge in [-0.15, -0.1) is 0 Å². The number of nitriles is 1. The van der Waals surface area contributed by atoms with Gasteiger partial charge in [0.15, 0.2) is 0 Å². The monoisotopic (exact) mass is 396 g/mol. The molecule has 0 bridgehead atoms. The molecule has 0 amide bonds. The van der Waals surface area contributed by atoms with Crippen LogP contribution in [-0.4, -0.2) is 29.3 Å². The van der Waals surface area contributed by atoms with E-state index in [0.29, 0.717) is 17.1 Å². The molecule has 30 heavy (non-hydrogen) atoms. The predicted molar refractivity (Wildman–Crippen MR) is 107 cm³/mol. The van der Waals surface area contributed by atoms with Crippen LogP contribution in [0.2, 0.25) is 0 Å². The fourth-order valence-corrected chi connectivity index (χ4v) is 3.69. The highest BCUT2D eigenvalue weighted by Crippen LogP contribution is 2.46. The van der Waals surface area contributed by atoms with Gasteiger partial charge in [-0.05, 0) is 17.7 Å². The van der Waals surface area contributed by atoms with E-state index < -0.39 is 5.92 Å². The van der Waals surface area contributed by atoms with Gasteiger partial charge >= 0.3 is 0 Å². The van der Waals surface area contributed by atoms with Crippen molar-refractivity contribution >= 4 is 0 Å². The van der Waals surface area contributed by atoms with Crippen molar-refractivity contribution in [1.82, 2.24) is 29.3 Å². The fourth-order valence-electron chi connectivity index (χ4n) is 3.69. The molecule has 0 spiro atoms. The van der Waals surface area contributed by atoms with E-state index in [1.165, 1.54) is 6.33 Å². The SMILES string of the molecule is Cn1nc(-c2cncnc2)c2c1OC(N)=C(C#N)C2c1ccc(-n2ccnc2)cc1. The maximum absolute atomic E-state index is 9.86. The van der Waals surface area contributed by atoms with Gasteiger partial charge in [-0.2, -0.15) is 10.4 Å². The second kappa shape index (κ2) is 6.86. The second-order valence-corrected chi connectivity index (χ2v) is 6.80. The summed E-state index contributed by atoms with van der Waals surface area (Å²) in [4.78, 5) is 12.3. The molecular weight excluding hydrogens is 380 g/mol. The van der Waals surface area contributed by atoms with Crippen LogP contribution in [0.3, 0.4) is 0 Å². The van der Waals surface area contributed by atoms with Crippen molar-refractivity contribution < 1.29 is 4.74 Å². The standard InChI is InChI=1S/C21H16N8O/c1-28-21-18(19(27-28)14-9-25-11-26-10-14)17(16(8-22)20(23)30-21)13-2-4-15(5-3-13)29-7-6-24-12-29/h2-7,9-12,17H,23H2,1H3. The van der Waals surface area contributed by atoms with Crippen LogP contribution in [-0.2, 0) is 7.05 Å². The van der Waals surface area contributed by atoms with Crippen molar-refractivity contribution in [1.29, 1.82) is 5.26 Å². The molecule has 0 aliphatic carbocycles. The zero-order chi connectivity index (χ0) is 20.7. The van der Waals surface area contributed by atoms with Crippen molar-refractivity contribution in [3.8, 4) is 28.9 Å². The van der Waals surface area contributed by atoms with Gasteiger partial charge in [0.25, 0.3) is 0 Å². The number of fused-ring (bicyclic) bond motifs is 1. The molecule has 1 aliphatic rings. The highest BCUT2D eigenvalue weighted by molar-refractivity contribution is 5.70. The topological polar surface area (TPSA) is 120 Å². The maximum Gasteiger partial charge on any atom is 0.224 e. The van der Waals surface area contributed by atoms with Gasteiger partial charge < -0.3 is 15.0 Å². The van der Waals surface area contributed by atoms with Crippen LogP contribution in [0.4, 0.5) is 0 Å². The molecule has 0 radical (unpaired) electrons. The number of ether oxygens (including phenoxy) is 1. The summed E-state index contributed by atoms with van der Waals surface area (Å²) in [6.07, 6.45) is 10.1. The molecule has 4 aromatic rings. The van der Waals surface area contributed by atoms with E-state index in [4.69, 9.17) is 10.5 Å². The Balaban J connectivity index is 1.69. The number of allylic oxidation sites excluding steroid dienone is 1. The van der Waals surface area contributed by atoms with E-state index in [1.54, 1.807) is 36.6 Å².